The Balaban J connectivity index is 1.46. The van der Waals surface area contributed by atoms with Crippen LogP contribution in [-0.2, 0) is 16.1 Å². The SMILES string of the molecule is O=C(NCc1cccs1)C1CN(C(=O)c2cccs2)C2CCOC12. The van der Waals surface area contributed by atoms with Crippen LogP contribution in [0, 0.1) is 5.92 Å². The van der Waals surface area contributed by atoms with Crippen LogP contribution in [0.1, 0.15) is 21.0 Å². The summed E-state index contributed by atoms with van der Waals surface area (Å²) in [6.45, 7) is 1.57. The molecule has 2 fully saturated rings. The average Bonchev–Trinajstić information content (AvgIpc) is 3.37. The molecule has 0 saturated carbocycles. The summed E-state index contributed by atoms with van der Waals surface area (Å²) < 4.78 is 5.80. The van der Waals surface area contributed by atoms with Crippen molar-refractivity contribution in [2.24, 2.45) is 5.92 Å². The van der Waals surface area contributed by atoms with E-state index in [0.717, 1.165) is 16.2 Å². The lowest BCUT2D eigenvalue weighted by molar-refractivity contribution is -0.127. The number of hydrogen-bond donors (Lipinski definition) is 1. The topological polar surface area (TPSA) is 58.6 Å². The molecule has 0 spiro atoms. The zero-order chi connectivity index (χ0) is 16.5. The summed E-state index contributed by atoms with van der Waals surface area (Å²) in [6.07, 6.45) is 0.619. The van der Waals surface area contributed by atoms with Crippen LogP contribution < -0.4 is 5.32 Å². The quantitative estimate of drug-likeness (QED) is 0.908. The van der Waals surface area contributed by atoms with Crippen LogP contribution in [-0.4, -0.2) is 42.0 Å². The van der Waals surface area contributed by atoms with Crippen molar-refractivity contribution in [3.05, 3.63) is 44.8 Å². The minimum Gasteiger partial charge on any atom is -0.375 e. The molecule has 5 nitrogen and oxygen atoms in total. The maximum Gasteiger partial charge on any atom is 0.264 e. The second-order valence-electron chi connectivity index (χ2n) is 6.03. The zero-order valence-corrected chi connectivity index (χ0v) is 14.6. The van der Waals surface area contributed by atoms with Crippen molar-refractivity contribution in [1.82, 2.24) is 10.2 Å². The third kappa shape index (κ3) is 2.87. The molecule has 4 rings (SSSR count). The highest BCUT2D eigenvalue weighted by molar-refractivity contribution is 7.12. The number of likely N-dealkylation sites (tertiary alicyclic amines) is 1. The largest absolute Gasteiger partial charge is 0.375 e. The van der Waals surface area contributed by atoms with E-state index in [1.54, 1.807) is 11.3 Å². The fourth-order valence-electron chi connectivity index (χ4n) is 3.49. The van der Waals surface area contributed by atoms with Gasteiger partial charge in [0.25, 0.3) is 5.91 Å². The van der Waals surface area contributed by atoms with Crippen molar-refractivity contribution >= 4 is 34.5 Å². The summed E-state index contributed by atoms with van der Waals surface area (Å²) in [6, 6.07) is 7.70. The van der Waals surface area contributed by atoms with Gasteiger partial charge < -0.3 is 15.0 Å². The van der Waals surface area contributed by atoms with Crippen molar-refractivity contribution in [1.29, 1.82) is 0 Å². The lowest BCUT2D eigenvalue weighted by atomic mass is 10.0. The summed E-state index contributed by atoms with van der Waals surface area (Å²) in [7, 11) is 0. The molecule has 24 heavy (non-hydrogen) atoms. The summed E-state index contributed by atoms with van der Waals surface area (Å²) in [5.41, 5.74) is 0. The van der Waals surface area contributed by atoms with E-state index in [0.29, 0.717) is 19.7 Å². The predicted molar refractivity (Wildman–Crippen MR) is 93.2 cm³/mol. The predicted octanol–water partition coefficient (Wildman–Crippen LogP) is 2.36. The number of rotatable bonds is 4. The van der Waals surface area contributed by atoms with Gasteiger partial charge in [-0.2, -0.15) is 0 Å². The van der Waals surface area contributed by atoms with E-state index in [1.165, 1.54) is 11.3 Å². The van der Waals surface area contributed by atoms with Crippen LogP contribution in [0.15, 0.2) is 35.0 Å². The number of hydrogen-bond acceptors (Lipinski definition) is 5. The summed E-state index contributed by atoms with van der Waals surface area (Å²) >= 11 is 3.06. The maximum absolute atomic E-state index is 12.7. The van der Waals surface area contributed by atoms with Crippen molar-refractivity contribution in [3.63, 3.8) is 0 Å². The van der Waals surface area contributed by atoms with Gasteiger partial charge in [-0.3, -0.25) is 9.59 Å². The van der Waals surface area contributed by atoms with E-state index in [1.807, 2.05) is 39.9 Å². The van der Waals surface area contributed by atoms with E-state index in [-0.39, 0.29) is 29.9 Å². The average molecular weight is 362 g/mol. The first-order valence-electron chi connectivity index (χ1n) is 8.00. The van der Waals surface area contributed by atoms with Gasteiger partial charge in [-0.25, -0.2) is 0 Å². The Hall–Kier alpha value is -1.70. The monoisotopic (exact) mass is 362 g/mol. The van der Waals surface area contributed by atoms with Gasteiger partial charge in [0.15, 0.2) is 0 Å². The second-order valence-corrected chi connectivity index (χ2v) is 8.01. The molecule has 2 aromatic heterocycles. The Morgan fingerprint density at radius 1 is 1.25 bits per heavy atom. The molecular weight excluding hydrogens is 344 g/mol. The van der Waals surface area contributed by atoms with E-state index in [4.69, 9.17) is 4.74 Å². The van der Waals surface area contributed by atoms with Gasteiger partial charge in [0.05, 0.1) is 29.5 Å². The van der Waals surface area contributed by atoms with Crippen LogP contribution in [0.3, 0.4) is 0 Å². The molecule has 2 amide bonds. The van der Waals surface area contributed by atoms with Crippen LogP contribution in [0.4, 0.5) is 0 Å². The Morgan fingerprint density at radius 3 is 2.83 bits per heavy atom. The van der Waals surface area contributed by atoms with Crippen LogP contribution in [0.25, 0.3) is 0 Å². The Morgan fingerprint density at radius 2 is 2.08 bits per heavy atom. The van der Waals surface area contributed by atoms with E-state index in [2.05, 4.69) is 5.32 Å². The summed E-state index contributed by atoms with van der Waals surface area (Å²) in [5, 5.41) is 6.88. The fraction of sp³-hybridized carbons (Fsp3) is 0.412. The third-order valence-electron chi connectivity index (χ3n) is 4.64. The van der Waals surface area contributed by atoms with Crippen LogP contribution in [0.5, 0.6) is 0 Å². The lowest BCUT2D eigenvalue weighted by Gasteiger charge is -2.21. The first kappa shape index (κ1) is 15.8. The standard InChI is InChI=1S/C17H18N2O3S2/c20-16(18-9-11-3-1-7-23-11)12-10-19(13-5-6-22-15(12)13)17(21)14-4-2-8-24-14/h1-4,7-8,12-13,15H,5-6,9-10H2,(H,18,20). The smallest absolute Gasteiger partial charge is 0.264 e. The number of carbonyl (C=O) groups excluding carboxylic acids is 2. The first-order valence-corrected chi connectivity index (χ1v) is 9.76. The number of carbonyl (C=O) groups is 2. The Kier molecular flexibility index (Phi) is 4.39. The summed E-state index contributed by atoms with van der Waals surface area (Å²) in [4.78, 5) is 29.0. The third-order valence-corrected chi connectivity index (χ3v) is 6.37. The lowest BCUT2D eigenvalue weighted by Crippen LogP contribution is -2.37. The molecule has 7 heteroatoms. The van der Waals surface area contributed by atoms with Gasteiger partial charge in [0.2, 0.25) is 5.91 Å². The molecular formula is C17H18N2O3S2. The molecule has 0 radical (unpaired) electrons. The molecule has 1 N–H and O–H groups in total. The highest BCUT2D eigenvalue weighted by Crippen LogP contribution is 2.35. The van der Waals surface area contributed by atoms with Crippen molar-refractivity contribution in [2.75, 3.05) is 13.2 Å². The van der Waals surface area contributed by atoms with Gasteiger partial charge in [-0.05, 0) is 29.3 Å². The molecule has 0 aliphatic carbocycles. The molecule has 3 unspecified atom stereocenters. The molecule has 2 aliphatic rings. The highest BCUT2D eigenvalue weighted by Gasteiger charge is 2.50. The van der Waals surface area contributed by atoms with Gasteiger partial charge in [-0.1, -0.05) is 12.1 Å². The first-order chi connectivity index (χ1) is 11.7. The minimum atomic E-state index is -0.290. The summed E-state index contributed by atoms with van der Waals surface area (Å²) in [5.74, 6) is -0.304. The number of ether oxygens (including phenoxy) is 1. The zero-order valence-electron chi connectivity index (χ0n) is 13.0. The maximum atomic E-state index is 12.7. The number of thiophene rings is 2. The molecule has 0 aromatic carbocycles. The van der Waals surface area contributed by atoms with E-state index in [9.17, 15) is 9.59 Å². The molecule has 2 aromatic rings. The normalized spacial score (nSPS) is 25.7. The Labute approximate surface area is 148 Å². The molecule has 0 bridgehead atoms. The number of nitrogens with zero attached hydrogens (tertiary/aromatic N) is 1. The number of fused-ring (bicyclic) bond motifs is 1. The van der Waals surface area contributed by atoms with E-state index >= 15 is 0 Å². The molecule has 2 aliphatic heterocycles. The molecule has 3 atom stereocenters. The van der Waals surface area contributed by atoms with Crippen molar-refractivity contribution in [2.45, 2.75) is 25.1 Å². The van der Waals surface area contributed by atoms with Crippen LogP contribution >= 0.6 is 22.7 Å². The molecule has 2 saturated heterocycles. The molecule has 126 valence electrons. The van der Waals surface area contributed by atoms with Gasteiger partial charge in [0, 0.05) is 18.0 Å². The van der Waals surface area contributed by atoms with Crippen LogP contribution in [0.2, 0.25) is 0 Å². The second kappa shape index (κ2) is 6.66. The van der Waals surface area contributed by atoms with Crippen molar-refractivity contribution in [3.8, 4) is 0 Å². The van der Waals surface area contributed by atoms with Gasteiger partial charge in [0.1, 0.15) is 0 Å². The number of amides is 2. The Bertz CT molecular complexity index is 714. The minimum absolute atomic E-state index is 0.0112. The molecule has 4 heterocycles. The highest BCUT2D eigenvalue weighted by atomic mass is 32.1. The van der Waals surface area contributed by atoms with E-state index < -0.39 is 0 Å². The van der Waals surface area contributed by atoms with Gasteiger partial charge >= 0.3 is 0 Å². The van der Waals surface area contributed by atoms with Crippen molar-refractivity contribution < 1.29 is 14.3 Å². The fourth-order valence-corrected chi connectivity index (χ4v) is 4.82. The number of nitrogens with one attached hydrogen (secondary N) is 1. The van der Waals surface area contributed by atoms with Gasteiger partial charge in [-0.15, -0.1) is 22.7 Å².